The van der Waals surface area contributed by atoms with Crippen LogP contribution in [-0.4, -0.2) is 50.7 Å². The van der Waals surface area contributed by atoms with Gasteiger partial charge in [0.1, 0.15) is 8.07 Å². The summed E-state index contributed by atoms with van der Waals surface area (Å²) in [6, 6.07) is 8.27. The summed E-state index contributed by atoms with van der Waals surface area (Å²) in [7, 11) is -1.34. The van der Waals surface area contributed by atoms with E-state index >= 15 is 0 Å². The first kappa shape index (κ1) is 18.7. The van der Waals surface area contributed by atoms with Crippen molar-refractivity contribution in [2.24, 2.45) is 0 Å². The lowest BCUT2D eigenvalue weighted by Crippen LogP contribution is -2.46. The Morgan fingerprint density at radius 3 is 2.46 bits per heavy atom. The van der Waals surface area contributed by atoms with E-state index in [1.165, 1.54) is 0 Å². The molecule has 0 aliphatic carbocycles. The molecular formula is C21H25N3SSi. The minimum atomic E-state index is -1.34. The summed E-state index contributed by atoms with van der Waals surface area (Å²) in [4.78, 5) is 9.16. The van der Waals surface area contributed by atoms with Crippen molar-refractivity contribution in [3.63, 3.8) is 0 Å². The van der Waals surface area contributed by atoms with E-state index in [-0.39, 0.29) is 0 Å². The van der Waals surface area contributed by atoms with Crippen LogP contribution in [0.2, 0.25) is 19.6 Å². The van der Waals surface area contributed by atoms with Crippen molar-refractivity contribution in [3.8, 4) is 23.3 Å². The van der Waals surface area contributed by atoms with Crippen LogP contribution in [0.1, 0.15) is 11.1 Å². The molecule has 1 fully saturated rings. The monoisotopic (exact) mass is 379 g/mol. The number of anilines is 1. The second-order valence-corrected chi connectivity index (χ2v) is 13.1. The van der Waals surface area contributed by atoms with Gasteiger partial charge in [0.2, 0.25) is 0 Å². The Morgan fingerprint density at radius 1 is 1.08 bits per heavy atom. The SMILES string of the molecule is C[Si](C)(C)C#Cc1cccc(C#CCN2CCN(c3nccs3)CC2)c1. The summed E-state index contributed by atoms with van der Waals surface area (Å²) >= 11 is 1.71. The molecule has 3 rings (SSSR count). The summed E-state index contributed by atoms with van der Waals surface area (Å²) < 4.78 is 0. The zero-order valence-electron chi connectivity index (χ0n) is 15.7. The van der Waals surface area contributed by atoms with Gasteiger partial charge in [-0.25, -0.2) is 4.98 Å². The highest BCUT2D eigenvalue weighted by molar-refractivity contribution is 7.13. The fourth-order valence-electron chi connectivity index (χ4n) is 2.66. The molecule has 0 amide bonds. The Bertz CT molecular complexity index is 839. The summed E-state index contributed by atoms with van der Waals surface area (Å²) in [5, 5.41) is 3.17. The molecule has 1 aromatic heterocycles. The van der Waals surface area contributed by atoms with Crippen LogP contribution in [0.25, 0.3) is 0 Å². The zero-order chi connectivity index (χ0) is 18.4. The van der Waals surface area contributed by atoms with Crippen molar-refractivity contribution in [1.82, 2.24) is 9.88 Å². The molecule has 1 aliphatic heterocycles. The molecule has 0 atom stereocenters. The molecule has 0 N–H and O–H groups in total. The van der Waals surface area contributed by atoms with Crippen LogP contribution in [0, 0.1) is 23.3 Å². The number of benzene rings is 1. The van der Waals surface area contributed by atoms with Gasteiger partial charge < -0.3 is 4.90 Å². The van der Waals surface area contributed by atoms with E-state index in [1.54, 1.807) is 11.3 Å². The van der Waals surface area contributed by atoms with Gasteiger partial charge in [-0.1, -0.05) is 43.5 Å². The molecule has 1 aromatic carbocycles. The smallest absolute Gasteiger partial charge is 0.185 e. The number of aromatic nitrogens is 1. The maximum atomic E-state index is 4.39. The highest BCUT2D eigenvalue weighted by Crippen LogP contribution is 2.18. The lowest BCUT2D eigenvalue weighted by atomic mass is 10.1. The minimum absolute atomic E-state index is 0.816. The van der Waals surface area contributed by atoms with Gasteiger partial charge in [-0.05, 0) is 18.2 Å². The minimum Gasteiger partial charge on any atom is -0.346 e. The van der Waals surface area contributed by atoms with E-state index in [4.69, 9.17) is 0 Å². The third kappa shape index (κ3) is 5.74. The van der Waals surface area contributed by atoms with Gasteiger partial charge in [0, 0.05) is 48.9 Å². The van der Waals surface area contributed by atoms with E-state index < -0.39 is 8.07 Å². The molecule has 134 valence electrons. The average Bonchev–Trinajstić information content (AvgIpc) is 3.15. The van der Waals surface area contributed by atoms with Crippen molar-refractivity contribution >= 4 is 24.5 Å². The molecule has 2 heterocycles. The van der Waals surface area contributed by atoms with Crippen molar-refractivity contribution < 1.29 is 0 Å². The highest BCUT2D eigenvalue weighted by atomic mass is 32.1. The molecule has 0 bridgehead atoms. The highest BCUT2D eigenvalue weighted by Gasteiger charge is 2.17. The molecule has 26 heavy (non-hydrogen) atoms. The van der Waals surface area contributed by atoms with Gasteiger partial charge in [0.05, 0.1) is 6.54 Å². The molecule has 5 heteroatoms. The van der Waals surface area contributed by atoms with E-state index in [1.807, 2.05) is 17.6 Å². The fourth-order valence-corrected chi connectivity index (χ4v) is 3.87. The van der Waals surface area contributed by atoms with Gasteiger partial charge in [0.25, 0.3) is 0 Å². The summed E-state index contributed by atoms with van der Waals surface area (Å²) in [6.45, 7) is 11.7. The molecule has 0 unspecified atom stereocenters. The molecule has 1 aliphatic rings. The average molecular weight is 380 g/mol. The third-order valence-electron chi connectivity index (χ3n) is 4.04. The first-order valence-corrected chi connectivity index (χ1v) is 13.4. The standard InChI is InChI=1S/C21H25N3SSi/c1-26(2,3)17-9-20-7-4-6-19(18-20)8-5-11-23-12-14-24(15-13-23)21-22-10-16-25-21/h4,6-7,10,16,18H,11-15H2,1-3H3. The molecule has 3 nitrogen and oxygen atoms in total. The van der Waals surface area contributed by atoms with Gasteiger partial charge in [0.15, 0.2) is 5.13 Å². The Hall–Kier alpha value is -2.05. The largest absolute Gasteiger partial charge is 0.346 e. The Balaban J connectivity index is 1.53. The van der Waals surface area contributed by atoms with Gasteiger partial charge >= 0.3 is 0 Å². The number of hydrogen-bond donors (Lipinski definition) is 0. The van der Waals surface area contributed by atoms with E-state index in [2.05, 4.69) is 75.9 Å². The predicted octanol–water partition coefficient (Wildman–Crippen LogP) is 3.55. The number of nitrogens with zero attached hydrogens (tertiary/aromatic N) is 3. The molecule has 0 spiro atoms. The first-order chi connectivity index (χ1) is 12.5. The quantitative estimate of drug-likeness (QED) is 0.588. The Morgan fingerprint density at radius 2 is 1.81 bits per heavy atom. The van der Waals surface area contributed by atoms with Crippen LogP contribution in [0.15, 0.2) is 35.8 Å². The van der Waals surface area contributed by atoms with E-state index in [9.17, 15) is 0 Å². The number of thiazole rings is 1. The topological polar surface area (TPSA) is 19.4 Å². The van der Waals surface area contributed by atoms with Crippen molar-refractivity contribution in [2.75, 3.05) is 37.6 Å². The third-order valence-corrected chi connectivity index (χ3v) is 5.75. The predicted molar refractivity (Wildman–Crippen MR) is 114 cm³/mol. The molecule has 2 aromatic rings. The second-order valence-electron chi connectivity index (χ2n) is 7.46. The summed E-state index contributed by atoms with van der Waals surface area (Å²) in [6.07, 6.45) is 1.88. The van der Waals surface area contributed by atoms with Crippen LogP contribution < -0.4 is 4.90 Å². The Kier molecular flexibility index (Phi) is 6.16. The van der Waals surface area contributed by atoms with Crippen molar-refractivity contribution in [1.29, 1.82) is 0 Å². The zero-order valence-corrected chi connectivity index (χ0v) is 17.6. The van der Waals surface area contributed by atoms with Crippen LogP contribution in [0.5, 0.6) is 0 Å². The molecule has 0 radical (unpaired) electrons. The van der Waals surface area contributed by atoms with E-state index in [0.717, 1.165) is 49.0 Å². The van der Waals surface area contributed by atoms with Gasteiger partial charge in [-0.2, -0.15) is 0 Å². The molecular weight excluding hydrogens is 354 g/mol. The summed E-state index contributed by atoms with van der Waals surface area (Å²) in [5.74, 6) is 9.93. The first-order valence-electron chi connectivity index (χ1n) is 8.98. The lowest BCUT2D eigenvalue weighted by molar-refractivity contribution is 0.288. The van der Waals surface area contributed by atoms with Crippen LogP contribution in [-0.2, 0) is 0 Å². The maximum absolute atomic E-state index is 4.39. The summed E-state index contributed by atoms with van der Waals surface area (Å²) in [5.41, 5.74) is 5.53. The number of piperazine rings is 1. The van der Waals surface area contributed by atoms with Crippen molar-refractivity contribution in [3.05, 3.63) is 47.0 Å². The van der Waals surface area contributed by atoms with Crippen LogP contribution >= 0.6 is 11.3 Å². The van der Waals surface area contributed by atoms with Gasteiger partial charge in [-0.15, -0.1) is 16.9 Å². The number of rotatable bonds is 2. The molecule has 0 saturated carbocycles. The number of hydrogen-bond acceptors (Lipinski definition) is 4. The fraction of sp³-hybridized carbons (Fsp3) is 0.381. The Labute approximate surface area is 162 Å². The second kappa shape index (κ2) is 8.55. The van der Waals surface area contributed by atoms with E-state index in [0.29, 0.717) is 0 Å². The van der Waals surface area contributed by atoms with Crippen LogP contribution in [0.4, 0.5) is 5.13 Å². The van der Waals surface area contributed by atoms with Crippen LogP contribution in [0.3, 0.4) is 0 Å². The lowest BCUT2D eigenvalue weighted by Gasteiger charge is -2.33. The normalized spacial score (nSPS) is 15.0. The van der Waals surface area contributed by atoms with Gasteiger partial charge in [-0.3, -0.25) is 4.90 Å². The maximum Gasteiger partial charge on any atom is 0.185 e. The molecule has 1 saturated heterocycles. The van der Waals surface area contributed by atoms with Crippen molar-refractivity contribution in [2.45, 2.75) is 19.6 Å².